The van der Waals surface area contributed by atoms with Crippen molar-refractivity contribution in [1.82, 2.24) is 5.32 Å². The van der Waals surface area contributed by atoms with Crippen LogP contribution in [0.5, 0.6) is 5.75 Å². The van der Waals surface area contributed by atoms with Gasteiger partial charge in [-0.1, -0.05) is 18.2 Å². The van der Waals surface area contributed by atoms with E-state index in [4.69, 9.17) is 0 Å². The van der Waals surface area contributed by atoms with Gasteiger partial charge in [0.05, 0.1) is 0 Å². The van der Waals surface area contributed by atoms with Gasteiger partial charge in [-0.3, -0.25) is 4.79 Å². The molecule has 0 atom stereocenters. The number of nitrogens with one attached hydrogen (secondary N) is 2. The van der Waals surface area contributed by atoms with Crippen LogP contribution in [-0.4, -0.2) is 18.1 Å². The molecule has 0 saturated heterocycles. The minimum atomic E-state index is -0.103. The van der Waals surface area contributed by atoms with Crippen molar-refractivity contribution in [2.45, 2.75) is 6.54 Å². The highest BCUT2D eigenvalue weighted by molar-refractivity contribution is 5.94. The molecule has 0 aromatic heterocycles. The van der Waals surface area contributed by atoms with Crippen LogP contribution in [0, 0.1) is 0 Å². The van der Waals surface area contributed by atoms with Crippen molar-refractivity contribution >= 4 is 11.6 Å². The van der Waals surface area contributed by atoms with Crippen LogP contribution >= 0.6 is 0 Å². The fourth-order valence-electron chi connectivity index (χ4n) is 1.73. The number of aromatic hydroxyl groups is 1. The summed E-state index contributed by atoms with van der Waals surface area (Å²) >= 11 is 0. The highest BCUT2D eigenvalue weighted by Gasteiger charge is 2.03. The van der Waals surface area contributed by atoms with Gasteiger partial charge in [-0.25, -0.2) is 0 Å². The molecular formula is C15H16N2O2. The van der Waals surface area contributed by atoms with E-state index in [9.17, 15) is 9.90 Å². The molecule has 2 aromatic rings. The summed E-state index contributed by atoms with van der Waals surface area (Å²) in [4.78, 5) is 11.5. The molecule has 0 fully saturated rings. The number of hydrogen-bond donors (Lipinski definition) is 3. The molecule has 0 aliphatic rings. The molecular weight excluding hydrogens is 240 g/mol. The SMILES string of the molecule is CNC(=O)c1cccc(NCc2ccc(O)cc2)c1. The standard InChI is InChI=1S/C15H16N2O2/c1-16-15(19)12-3-2-4-13(9-12)17-10-11-5-7-14(18)8-6-11/h2-9,17-18H,10H2,1H3,(H,16,19). The van der Waals surface area contributed by atoms with Crippen LogP contribution in [0.25, 0.3) is 0 Å². The van der Waals surface area contributed by atoms with Crippen molar-refractivity contribution in [3.8, 4) is 5.75 Å². The Bertz CT molecular complexity index is 565. The molecule has 0 saturated carbocycles. The lowest BCUT2D eigenvalue weighted by atomic mass is 10.1. The first-order valence-corrected chi connectivity index (χ1v) is 6.03. The molecule has 0 aliphatic carbocycles. The van der Waals surface area contributed by atoms with Gasteiger partial charge in [0.15, 0.2) is 0 Å². The van der Waals surface area contributed by atoms with E-state index in [0.717, 1.165) is 11.3 Å². The Morgan fingerprint density at radius 1 is 1.16 bits per heavy atom. The number of phenolic OH excluding ortho intramolecular Hbond substituents is 1. The molecule has 2 rings (SSSR count). The molecule has 0 spiro atoms. The quantitative estimate of drug-likeness (QED) is 0.787. The minimum Gasteiger partial charge on any atom is -0.508 e. The zero-order valence-electron chi connectivity index (χ0n) is 10.7. The van der Waals surface area contributed by atoms with E-state index in [-0.39, 0.29) is 11.7 Å². The third-order valence-electron chi connectivity index (χ3n) is 2.78. The van der Waals surface area contributed by atoms with E-state index in [1.54, 1.807) is 31.3 Å². The van der Waals surface area contributed by atoms with Crippen molar-refractivity contribution in [2.75, 3.05) is 12.4 Å². The maximum absolute atomic E-state index is 11.5. The predicted octanol–water partition coefficient (Wildman–Crippen LogP) is 2.36. The third kappa shape index (κ3) is 3.48. The van der Waals surface area contributed by atoms with Gasteiger partial charge in [-0.05, 0) is 35.9 Å². The van der Waals surface area contributed by atoms with Crippen molar-refractivity contribution in [1.29, 1.82) is 0 Å². The summed E-state index contributed by atoms with van der Waals surface area (Å²) in [6, 6.07) is 14.3. The summed E-state index contributed by atoms with van der Waals surface area (Å²) in [5, 5.41) is 15.0. The Balaban J connectivity index is 2.03. The molecule has 0 aliphatic heterocycles. The van der Waals surface area contributed by atoms with E-state index in [0.29, 0.717) is 12.1 Å². The first-order chi connectivity index (χ1) is 9.19. The zero-order valence-corrected chi connectivity index (χ0v) is 10.7. The molecule has 0 radical (unpaired) electrons. The van der Waals surface area contributed by atoms with Gasteiger partial charge in [0.25, 0.3) is 5.91 Å². The zero-order chi connectivity index (χ0) is 13.7. The van der Waals surface area contributed by atoms with Crippen LogP contribution in [0.4, 0.5) is 5.69 Å². The number of phenols is 1. The number of rotatable bonds is 4. The Morgan fingerprint density at radius 3 is 2.58 bits per heavy atom. The fraction of sp³-hybridized carbons (Fsp3) is 0.133. The van der Waals surface area contributed by atoms with Crippen LogP contribution in [0.1, 0.15) is 15.9 Å². The second-order valence-corrected chi connectivity index (χ2v) is 4.18. The van der Waals surface area contributed by atoms with Crippen LogP contribution in [0.2, 0.25) is 0 Å². The van der Waals surface area contributed by atoms with Gasteiger partial charge >= 0.3 is 0 Å². The Kier molecular flexibility index (Phi) is 4.03. The molecule has 1 amide bonds. The summed E-state index contributed by atoms with van der Waals surface area (Å²) in [5.41, 5.74) is 2.57. The molecule has 0 bridgehead atoms. The molecule has 98 valence electrons. The summed E-state index contributed by atoms with van der Waals surface area (Å²) < 4.78 is 0. The first kappa shape index (κ1) is 13.0. The maximum Gasteiger partial charge on any atom is 0.251 e. The number of carbonyl (C=O) groups excluding carboxylic acids is 1. The van der Waals surface area contributed by atoms with E-state index in [1.807, 2.05) is 24.3 Å². The van der Waals surface area contributed by atoms with Gasteiger partial charge in [0.2, 0.25) is 0 Å². The number of carbonyl (C=O) groups is 1. The van der Waals surface area contributed by atoms with Gasteiger partial charge in [0, 0.05) is 24.8 Å². The number of anilines is 1. The van der Waals surface area contributed by atoms with Gasteiger partial charge < -0.3 is 15.7 Å². The maximum atomic E-state index is 11.5. The second-order valence-electron chi connectivity index (χ2n) is 4.18. The average Bonchev–Trinajstić information content (AvgIpc) is 2.46. The highest BCUT2D eigenvalue weighted by Crippen LogP contribution is 2.14. The summed E-state index contributed by atoms with van der Waals surface area (Å²) in [6.45, 7) is 0.636. The van der Waals surface area contributed by atoms with Gasteiger partial charge in [-0.15, -0.1) is 0 Å². The smallest absolute Gasteiger partial charge is 0.251 e. The summed E-state index contributed by atoms with van der Waals surface area (Å²) in [6.07, 6.45) is 0. The molecule has 2 aromatic carbocycles. The molecule has 3 N–H and O–H groups in total. The first-order valence-electron chi connectivity index (χ1n) is 6.03. The largest absolute Gasteiger partial charge is 0.508 e. The molecule has 4 nitrogen and oxygen atoms in total. The van der Waals surface area contributed by atoms with E-state index in [2.05, 4.69) is 10.6 Å². The van der Waals surface area contributed by atoms with E-state index < -0.39 is 0 Å². The second kappa shape index (κ2) is 5.91. The van der Waals surface area contributed by atoms with Crippen molar-refractivity contribution in [2.24, 2.45) is 0 Å². The lowest BCUT2D eigenvalue weighted by Gasteiger charge is -2.08. The molecule has 4 heteroatoms. The third-order valence-corrected chi connectivity index (χ3v) is 2.78. The Labute approximate surface area is 112 Å². The monoisotopic (exact) mass is 256 g/mol. The topological polar surface area (TPSA) is 61.4 Å². The lowest BCUT2D eigenvalue weighted by Crippen LogP contribution is -2.17. The number of amides is 1. The van der Waals surface area contributed by atoms with Crippen LogP contribution in [-0.2, 0) is 6.54 Å². The van der Waals surface area contributed by atoms with Gasteiger partial charge in [0.1, 0.15) is 5.75 Å². The average molecular weight is 256 g/mol. The highest BCUT2D eigenvalue weighted by atomic mass is 16.3. The Hall–Kier alpha value is -2.49. The van der Waals surface area contributed by atoms with Crippen molar-refractivity contribution in [3.63, 3.8) is 0 Å². The Morgan fingerprint density at radius 2 is 1.89 bits per heavy atom. The van der Waals surface area contributed by atoms with Gasteiger partial charge in [-0.2, -0.15) is 0 Å². The lowest BCUT2D eigenvalue weighted by molar-refractivity contribution is 0.0963. The van der Waals surface area contributed by atoms with Crippen LogP contribution in [0.15, 0.2) is 48.5 Å². The predicted molar refractivity (Wildman–Crippen MR) is 75.3 cm³/mol. The number of hydrogen-bond acceptors (Lipinski definition) is 3. The molecule has 0 heterocycles. The number of benzene rings is 2. The van der Waals surface area contributed by atoms with Crippen molar-refractivity contribution < 1.29 is 9.90 Å². The molecule has 19 heavy (non-hydrogen) atoms. The summed E-state index contributed by atoms with van der Waals surface area (Å²) in [7, 11) is 1.61. The fourth-order valence-corrected chi connectivity index (χ4v) is 1.73. The van der Waals surface area contributed by atoms with Crippen molar-refractivity contribution in [3.05, 3.63) is 59.7 Å². The van der Waals surface area contributed by atoms with Crippen LogP contribution < -0.4 is 10.6 Å². The van der Waals surface area contributed by atoms with E-state index in [1.165, 1.54) is 0 Å². The van der Waals surface area contributed by atoms with E-state index >= 15 is 0 Å². The minimum absolute atomic E-state index is 0.103. The summed E-state index contributed by atoms with van der Waals surface area (Å²) in [5.74, 6) is 0.152. The normalized spacial score (nSPS) is 9.95. The molecule has 0 unspecified atom stereocenters. The van der Waals surface area contributed by atoms with Crippen LogP contribution in [0.3, 0.4) is 0 Å².